The molecule has 1 aromatic carbocycles. The van der Waals surface area contributed by atoms with Gasteiger partial charge in [0.05, 0.1) is 13.1 Å². The van der Waals surface area contributed by atoms with Crippen LogP contribution in [-0.2, 0) is 4.79 Å². The van der Waals surface area contributed by atoms with Gasteiger partial charge in [0.25, 0.3) is 0 Å². The SMILES string of the molecule is CCNC(=NCCC(=O)N(CC)CC)NCCOc1ccccc1. The summed E-state index contributed by atoms with van der Waals surface area (Å²) >= 11 is 0. The Labute approximate surface area is 145 Å². The van der Waals surface area contributed by atoms with Crippen LogP contribution in [0.1, 0.15) is 27.2 Å². The van der Waals surface area contributed by atoms with Gasteiger partial charge in [-0.25, -0.2) is 0 Å². The largest absolute Gasteiger partial charge is 0.492 e. The number of aliphatic imine (C=N–C) groups is 1. The van der Waals surface area contributed by atoms with Crippen LogP contribution in [-0.4, -0.2) is 56.1 Å². The number of hydrogen-bond donors (Lipinski definition) is 2. The van der Waals surface area contributed by atoms with E-state index in [1.54, 1.807) is 0 Å². The van der Waals surface area contributed by atoms with Crippen LogP contribution in [0.15, 0.2) is 35.3 Å². The van der Waals surface area contributed by atoms with Crippen molar-refractivity contribution < 1.29 is 9.53 Å². The van der Waals surface area contributed by atoms with E-state index < -0.39 is 0 Å². The quantitative estimate of drug-likeness (QED) is 0.389. The minimum absolute atomic E-state index is 0.145. The van der Waals surface area contributed by atoms with Crippen molar-refractivity contribution >= 4 is 11.9 Å². The number of benzene rings is 1. The van der Waals surface area contributed by atoms with Gasteiger partial charge in [0, 0.05) is 26.1 Å². The van der Waals surface area contributed by atoms with Gasteiger partial charge in [0.15, 0.2) is 5.96 Å². The van der Waals surface area contributed by atoms with Crippen molar-refractivity contribution in [3.05, 3.63) is 30.3 Å². The van der Waals surface area contributed by atoms with Crippen molar-refractivity contribution in [1.82, 2.24) is 15.5 Å². The summed E-state index contributed by atoms with van der Waals surface area (Å²) in [5.41, 5.74) is 0. The van der Waals surface area contributed by atoms with Gasteiger partial charge < -0.3 is 20.3 Å². The van der Waals surface area contributed by atoms with Gasteiger partial charge in [0.1, 0.15) is 12.4 Å². The van der Waals surface area contributed by atoms with Crippen molar-refractivity contribution in [2.45, 2.75) is 27.2 Å². The molecule has 6 heteroatoms. The summed E-state index contributed by atoms with van der Waals surface area (Å²) in [5.74, 6) is 1.71. The molecule has 2 N–H and O–H groups in total. The number of rotatable bonds is 10. The topological polar surface area (TPSA) is 66.0 Å². The maximum Gasteiger partial charge on any atom is 0.224 e. The number of carbonyl (C=O) groups is 1. The van der Waals surface area contributed by atoms with E-state index in [1.165, 1.54) is 0 Å². The Morgan fingerprint density at radius 3 is 2.46 bits per heavy atom. The van der Waals surface area contributed by atoms with Crippen LogP contribution in [0.4, 0.5) is 0 Å². The molecular formula is C18H30N4O2. The third-order valence-electron chi connectivity index (χ3n) is 3.46. The maximum atomic E-state index is 12.0. The molecule has 0 saturated carbocycles. The lowest BCUT2D eigenvalue weighted by molar-refractivity contribution is -0.130. The third-order valence-corrected chi connectivity index (χ3v) is 3.46. The van der Waals surface area contributed by atoms with Crippen molar-refractivity contribution in [2.24, 2.45) is 4.99 Å². The number of guanidine groups is 1. The van der Waals surface area contributed by atoms with Crippen molar-refractivity contribution in [3.8, 4) is 5.75 Å². The van der Waals surface area contributed by atoms with Crippen LogP contribution < -0.4 is 15.4 Å². The van der Waals surface area contributed by atoms with Crippen molar-refractivity contribution in [2.75, 3.05) is 39.3 Å². The molecule has 1 amide bonds. The molecule has 0 radical (unpaired) electrons. The molecular weight excluding hydrogens is 304 g/mol. The smallest absolute Gasteiger partial charge is 0.224 e. The first kappa shape index (κ1) is 19.8. The molecule has 0 heterocycles. The van der Waals surface area contributed by atoms with E-state index in [9.17, 15) is 4.79 Å². The predicted molar refractivity (Wildman–Crippen MR) is 98.5 cm³/mol. The standard InChI is InChI=1S/C18H30N4O2/c1-4-19-18(20-13-12-17(23)22(5-2)6-3)21-14-15-24-16-10-8-7-9-11-16/h7-11H,4-6,12-15H2,1-3H3,(H2,19,20,21). The molecule has 0 aromatic heterocycles. The average molecular weight is 334 g/mol. The van der Waals surface area contributed by atoms with Gasteiger partial charge in [-0.05, 0) is 32.9 Å². The number of carbonyl (C=O) groups excluding carboxylic acids is 1. The van der Waals surface area contributed by atoms with E-state index in [-0.39, 0.29) is 5.91 Å². The fourth-order valence-corrected chi connectivity index (χ4v) is 2.19. The molecule has 0 unspecified atom stereocenters. The second-order valence-electron chi connectivity index (χ2n) is 5.16. The Morgan fingerprint density at radius 1 is 1.12 bits per heavy atom. The van der Waals surface area contributed by atoms with E-state index >= 15 is 0 Å². The zero-order chi connectivity index (χ0) is 17.6. The number of amides is 1. The zero-order valence-electron chi connectivity index (χ0n) is 15.0. The molecule has 0 aliphatic carbocycles. The summed E-state index contributed by atoms with van der Waals surface area (Å²) < 4.78 is 5.63. The monoisotopic (exact) mass is 334 g/mol. The van der Waals surface area contributed by atoms with Crippen LogP contribution in [0.5, 0.6) is 5.75 Å². The van der Waals surface area contributed by atoms with Crippen LogP contribution in [0.25, 0.3) is 0 Å². The minimum atomic E-state index is 0.145. The number of ether oxygens (including phenoxy) is 1. The van der Waals surface area contributed by atoms with E-state index in [4.69, 9.17) is 4.74 Å². The van der Waals surface area contributed by atoms with Crippen LogP contribution in [0.3, 0.4) is 0 Å². The lowest BCUT2D eigenvalue weighted by Gasteiger charge is -2.18. The Morgan fingerprint density at radius 2 is 1.83 bits per heavy atom. The number of para-hydroxylation sites is 1. The molecule has 0 aliphatic rings. The molecule has 1 aromatic rings. The molecule has 134 valence electrons. The summed E-state index contributed by atoms with van der Waals surface area (Å²) in [6.07, 6.45) is 0.429. The molecule has 6 nitrogen and oxygen atoms in total. The molecule has 0 aliphatic heterocycles. The number of hydrogen-bond acceptors (Lipinski definition) is 3. The van der Waals surface area contributed by atoms with Crippen molar-refractivity contribution in [1.29, 1.82) is 0 Å². The first-order valence-electron chi connectivity index (χ1n) is 8.69. The van der Waals surface area contributed by atoms with Crippen LogP contribution >= 0.6 is 0 Å². The predicted octanol–water partition coefficient (Wildman–Crippen LogP) is 1.88. The van der Waals surface area contributed by atoms with E-state index in [2.05, 4.69) is 15.6 Å². The van der Waals surface area contributed by atoms with E-state index in [0.717, 1.165) is 25.4 Å². The third kappa shape index (κ3) is 7.85. The zero-order valence-corrected chi connectivity index (χ0v) is 15.0. The summed E-state index contributed by atoms with van der Waals surface area (Å²) in [4.78, 5) is 18.2. The Hall–Kier alpha value is -2.24. The summed E-state index contributed by atoms with van der Waals surface area (Å²) in [6.45, 7) is 9.92. The summed E-state index contributed by atoms with van der Waals surface area (Å²) in [7, 11) is 0. The highest BCUT2D eigenvalue weighted by Crippen LogP contribution is 2.07. The van der Waals surface area contributed by atoms with Gasteiger partial charge in [-0.15, -0.1) is 0 Å². The van der Waals surface area contributed by atoms with Gasteiger partial charge in [-0.3, -0.25) is 9.79 Å². The van der Waals surface area contributed by atoms with Crippen LogP contribution in [0, 0.1) is 0 Å². The molecule has 0 spiro atoms. The molecule has 24 heavy (non-hydrogen) atoms. The number of nitrogens with one attached hydrogen (secondary N) is 2. The van der Waals surface area contributed by atoms with Gasteiger partial charge in [-0.2, -0.15) is 0 Å². The first-order valence-corrected chi connectivity index (χ1v) is 8.69. The summed E-state index contributed by atoms with van der Waals surface area (Å²) in [6, 6.07) is 9.71. The van der Waals surface area contributed by atoms with Gasteiger partial charge in [-0.1, -0.05) is 18.2 Å². The highest BCUT2D eigenvalue weighted by molar-refractivity contribution is 5.80. The lowest BCUT2D eigenvalue weighted by atomic mass is 10.3. The highest BCUT2D eigenvalue weighted by atomic mass is 16.5. The Bertz CT molecular complexity index is 487. The maximum absolute atomic E-state index is 12.0. The number of nitrogens with zero attached hydrogens (tertiary/aromatic N) is 2. The van der Waals surface area contributed by atoms with Gasteiger partial charge in [0.2, 0.25) is 5.91 Å². The van der Waals surface area contributed by atoms with Crippen LogP contribution in [0.2, 0.25) is 0 Å². The summed E-state index contributed by atoms with van der Waals surface area (Å²) in [5, 5.41) is 6.38. The molecule has 0 saturated heterocycles. The Kier molecular flexibility index (Phi) is 10.1. The lowest BCUT2D eigenvalue weighted by Crippen LogP contribution is -2.39. The second-order valence-corrected chi connectivity index (χ2v) is 5.16. The van der Waals surface area contributed by atoms with Gasteiger partial charge >= 0.3 is 0 Å². The molecule has 0 atom stereocenters. The minimum Gasteiger partial charge on any atom is -0.492 e. The average Bonchev–Trinajstić information content (AvgIpc) is 2.60. The first-order chi connectivity index (χ1) is 11.7. The normalized spacial score (nSPS) is 11.0. The fraction of sp³-hybridized carbons (Fsp3) is 0.556. The van der Waals surface area contributed by atoms with Crippen molar-refractivity contribution in [3.63, 3.8) is 0 Å². The second kappa shape index (κ2) is 12.2. The molecule has 0 bridgehead atoms. The van der Waals surface area contributed by atoms with E-state index in [1.807, 2.05) is 56.0 Å². The Balaban J connectivity index is 2.32. The molecule has 1 rings (SSSR count). The molecule has 0 fully saturated rings. The van der Waals surface area contributed by atoms with E-state index in [0.29, 0.717) is 32.1 Å². The fourth-order valence-electron chi connectivity index (χ4n) is 2.19. The highest BCUT2D eigenvalue weighted by Gasteiger charge is 2.08.